The van der Waals surface area contributed by atoms with Crippen LogP contribution in [0, 0.1) is 5.82 Å². The largest absolute Gasteiger partial charge is 0.417 e. The van der Waals surface area contributed by atoms with Crippen molar-refractivity contribution >= 4 is 22.7 Å². The molecule has 22 heavy (non-hydrogen) atoms. The fraction of sp³-hybridized carbons (Fsp3) is 0.125. The summed E-state index contributed by atoms with van der Waals surface area (Å²) < 4.78 is 17.7. The zero-order chi connectivity index (χ0) is 15.5. The van der Waals surface area contributed by atoms with E-state index < -0.39 is 5.76 Å². The highest BCUT2D eigenvalue weighted by Gasteiger charge is 2.06. The highest BCUT2D eigenvalue weighted by molar-refractivity contribution is 5.90. The summed E-state index contributed by atoms with van der Waals surface area (Å²) in [4.78, 5) is 25.5. The summed E-state index contributed by atoms with van der Waals surface area (Å²) in [6.07, 6.45) is 0.807. The molecule has 0 unspecified atom stereocenters. The lowest BCUT2D eigenvalue weighted by Gasteiger charge is -2.05. The van der Waals surface area contributed by atoms with Gasteiger partial charge in [-0.1, -0.05) is 6.07 Å². The predicted molar refractivity (Wildman–Crippen MR) is 80.2 cm³/mol. The Kier molecular flexibility index (Phi) is 3.74. The maximum Gasteiger partial charge on any atom is 0.417 e. The van der Waals surface area contributed by atoms with Crippen LogP contribution in [0.5, 0.6) is 0 Å². The van der Waals surface area contributed by atoms with Gasteiger partial charge in [0.25, 0.3) is 0 Å². The Bertz CT molecular complexity index is 865. The van der Waals surface area contributed by atoms with Crippen LogP contribution >= 0.6 is 0 Å². The molecule has 1 amide bonds. The van der Waals surface area contributed by atoms with Gasteiger partial charge in [-0.05, 0) is 48.4 Å². The zero-order valence-corrected chi connectivity index (χ0v) is 11.6. The number of hydrogen-bond acceptors (Lipinski definition) is 3. The van der Waals surface area contributed by atoms with Crippen LogP contribution in [0.15, 0.2) is 51.7 Å². The SMILES string of the molecule is O=C(CCc1ccc2oc(=O)[nH]c2c1)Nc1ccc(F)cc1. The first-order valence-corrected chi connectivity index (χ1v) is 6.77. The first-order chi connectivity index (χ1) is 10.6. The minimum atomic E-state index is -0.499. The second-order valence-corrected chi connectivity index (χ2v) is 4.90. The molecule has 0 aliphatic carbocycles. The standard InChI is InChI=1S/C16H13FN2O3/c17-11-3-5-12(6-4-11)18-15(20)8-2-10-1-7-14-13(9-10)19-16(21)22-14/h1,3-7,9H,2,8H2,(H,18,20)(H,19,21). The number of nitrogens with one attached hydrogen (secondary N) is 2. The molecule has 0 radical (unpaired) electrons. The van der Waals surface area contributed by atoms with Crippen molar-refractivity contribution < 1.29 is 13.6 Å². The number of aryl methyl sites for hydroxylation is 1. The average molecular weight is 300 g/mol. The summed E-state index contributed by atoms with van der Waals surface area (Å²) in [7, 11) is 0. The Balaban J connectivity index is 1.61. The number of amides is 1. The van der Waals surface area contributed by atoms with E-state index in [9.17, 15) is 14.0 Å². The van der Waals surface area contributed by atoms with Gasteiger partial charge in [0.2, 0.25) is 5.91 Å². The van der Waals surface area contributed by atoms with E-state index in [0.29, 0.717) is 23.2 Å². The van der Waals surface area contributed by atoms with Crippen LogP contribution in [0.2, 0.25) is 0 Å². The van der Waals surface area contributed by atoms with Crippen LogP contribution in [0.25, 0.3) is 11.1 Å². The molecule has 0 fully saturated rings. The van der Waals surface area contributed by atoms with Crippen molar-refractivity contribution in [2.75, 3.05) is 5.32 Å². The third-order valence-corrected chi connectivity index (χ3v) is 3.25. The number of aromatic nitrogens is 1. The Labute approximate surface area is 124 Å². The number of benzene rings is 2. The smallest absolute Gasteiger partial charge is 0.408 e. The molecule has 112 valence electrons. The number of rotatable bonds is 4. The summed E-state index contributed by atoms with van der Waals surface area (Å²) in [5, 5.41) is 2.70. The van der Waals surface area contributed by atoms with Crippen molar-refractivity contribution in [3.8, 4) is 0 Å². The van der Waals surface area contributed by atoms with E-state index in [-0.39, 0.29) is 18.1 Å². The van der Waals surface area contributed by atoms with E-state index >= 15 is 0 Å². The molecule has 1 heterocycles. The average Bonchev–Trinajstić information content (AvgIpc) is 2.87. The number of halogens is 1. The molecule has 5 nitrogen and oxygen atoms in total. The molecule has 3 rings (SSSR count). The first-order valence-electron chi connectivity index (χ1n) is 6.77. The second kappa shape index (κ2) is 5.85. The molecular formula is C16H13FN2O3. The molecule has 1 aromatic heterocycles. The van der Waals surface area contributed by atoms with Crippen LogP contribution in [0.3, 0.4) is 0 Å². The number of H-pyrrole nitrogens is 1. The molecule has 0 aliphatic rings. The summed E-state index contributed by atoms with van der Waals surface area (Å²) in [6.45, 7) is 0. The summed E-state index contributed by atoms with van der Waals surface area (Å²) >= 11 is 0. The van der Waals surface area contributed by atoms with Gasteiger partial charge < -0.3 is 9.73 Å². The van der Waals surface area contributed by atoms with Crippen molar-refractivity contribution in [2.45, 2.75) is 12.8 Å². The Hall–Kier alpha value is -2.89. The molecule has 3 aromatic rings. The molecule has 0 aliphatic heterocycles. The normalized spacial score (nSPS) is 10.8. The molecular weight excluding hydrogens is 287 g/mol. The Morgan fingerprint density at radius 2 is 1.95 bits per heavy atom. The van der Waals surface area contributed by atoms with Gasteiger partial charge in [-0.15, -0.1) is 0 Å². The molecule has 0 spiro atoms. The van der Waals surface area contributed by atoms with Crippen molar-refractivity contribution in [3.05, 3.63) is 64.4 Å². The summed E-state index contributed by atoms with van der Waals surface area (Å²) in [5.41, 5.74) is 2.57. The maximum absolute atomic E-state index is 12.8. The molecule has 0 saturated carbocycles. The van der Waals surface area contributed by atoms with Crippen molar-refractivity contribution in [1.82, 2.24) is 4.98 Å². The minimum Gasteiger partial charge on any atom is -0.408 e. The van der Waals surface area contributed by atoms with E-state index in [1.54, 1.807) is 12.1 Å². The number of anilines is 1. The maximum atomic E-state index is 12.8. The van der Waals surface area contributed by atoms with Gasteiger partial charge in [-0.25, -0.2) is 9.18 Å². The highest BCUT2D eigenvalue weighted by atomic mass is 19.1. The van der Waals surface area contributed by atoms with Crippen LogP contribution in [0.1, 0.15) is 12.0 Å². The Morgan fingerprint density at radius 3 is 2.73 bits per heavy atom. The lowest BCUT2D eigenvalue weighted by atomic mass is 10.1. The van der Waals surface area contributed by atoms with Gasteiger partial charge in [0.1, 0.15) is 5.82 Å². The summed E-state index contributed by atoms with van der Waals surface area (Å²) in [5.74, 6) is -1.01. The monoisotopic (exact) mass is 300 g/mol. The molecule has 0 bridgehead atoms. The van der Waals surface area contributed by atoms with Crippen LogP contribution in [-0.2, 0) is 11.2 Å². The quantitative estimate of drug-likeness (QED) is 0.778. The van der Waals surface area contributed by atoms with Crippen molar-refractivity contribution in [1.29, 1.82) is 0 Å². The van der Waals surface area contributed by atoms with Gasteiger partial charge in [-0.3, -0.25) is 9.78 Å². The molecule has 2 N–H and O–H groups in total. The number of carbonyl (C=O) groups is 1. The number of carbonyl (C=O) groups excluding carboxylic acids is 1. The highest BCUT2D eigenvalue weighted by Crippen LogP contribution is 2.14. The van der Waals surface area contributed by atoms with Gasteiger partial charge in [0.15, 0.2) is 5.58 Å². The van der Waals surface area contributed by atoms with Gasteiger partial charge in [0, 0.05) is 12.1 Å². The zero-order valence-electron chi connectivity index (χ0n) is 11.6. The fourth-order valence-electron chi connectivity index (χ4n) is 2.17. The number of fused-ring (bicyclic) bond motifs is 1. The molecule has 0 atom stereocenters. The van der Waals surface area contributed by atoms with E-state index in [2.05, 4.69) is 10.3 Å². The van der Waals surface area contributed by atoms with E-state index in [4.69, 9.17) is 4.42 Å². The molecule has 0 saturated heterocycles. The van der Waals surface area contributed by atoms with E-state index in [1.165, 1.54) is 24.3 Å². The van der Waals surface area contributed by atoms with Gasteiger partial charge in [0.05, 0.1) is 5.52 Å². The number of aromatic amines is 1. The fourth-order valence-corrected chi connectivity index (χ4v) is 2.17. The third-order valence-electron chi connectivity index (χ3n) is 3.25. The molecule has 2 aromatic carbocycles. The van der Waals surface area contributed by atoms with E-state index in [1.807, 2.05) is 6.07 Å². The van der Waals surface area contributed by atoms with Gasteiger partial charge in [-0.2, -0.15) is 0 Å². The van der Waals surface area contributed by atoms with Crippen molar-refractivity contribution in [2.24, 2.45) is 0 Å². The summed E-state index contributed by atoms with van der Waals surface area (Å²) in [6, 6.07) is 10.9. The van der Waals surface area contributed by atoms with E-state index in [0.717, 1.165) is 5.56 Å². The van der Waals surface area contributed by atoms with Crippen LogP contribution < -0.4 is 11.1 Å². The topological polar surface area (TPSA) is 75.1 Å². The minimum absolute atomic E-state index is 0.160. The third kappa shape index (κ3) is 3.22. The Morgan fingerprint density at radius 1 is 1.18 bits per heavy atom. The first kappa shape index (κ1) is 14.1. The second-order valence-electron chi connectivity index (χ2n) is 4.90. The number of hydrogen-bond donors (Lipinski definition) is 2. The lowest BCUT2D eigenvalue weighted by molar-refractivity contribution is -0.116. The van der Waals surface area contributed by atoms with Crippen LogP contribution in [0.4, 0.5) is 10.1 Å². The lowest BCUT2D eigenvalue weighted by Crippen LogP contribution is -2.12. The van der Waals surface area contributed by atoms with Crippen molar-refractivity contribution in [3.63, 3.8) is 0 Å². The van der Waals surface area contributed by atoms with Crippen LogP contribution in [-0.4, -0.2) is 10.9 Å². The number of oxazole rings is 1. The molecule has 6 heteroatoms. The van der Waals surface area contributed by atoms with Gasteiger partial charge >= 0.3 is 5.76 Å². The predicted octanol–water partition coefficient (Wildman–Crippen LogP) is 2.83.